The first-order chi connectivity index (χ1) is 16.4. The number of likely N-dealkylation sites (tertiary alicyclic amines) is 1. The normalized spacial score (nSPS) is 17.3. The van der Waals surface area contributed by atoms with E-state index in [0.29, 0.717) is 22.6 Å². The molecule has 1 fully saturated rings. The van der Waals surface area contributed by atoms with Crippen molar-refractivity contribution < 1.29 is 24.2 Å². The van der Waals surface area contributed by atoms with E-state index < -0.39 is 17.7 Å². The Hall–Kier alpha value is -4.13. The standard InChI is InChI=1S/C27H26N2O5/c1-17(2)34-22-6-4-5-20(15-22)24-23(25(30)19-11-13-28-14-12-19)26(31)27(32)29(24)16-18-7-9-21(33-3)10-8-18/h4-15,17,24,30H,16H2,1-3H3/b25-23-. The van der Waals surface area contributed by atoms with E-state index in [-0.39, 0.29) is 24.0 Å². The van der Waals surface area contributed by atoms with E-state index in [2.05, 4.69) is 4.98 Å². The third kappa shape index (κ3) is 4.64. The highest BCUT2D eigenvalue weighted by Crippen LogP contribution is 2.41. The van der Waals surface area contributed by atoms with Crippen molar-refractivity contribution in [1.82, 2.24) is 9.88 Å². The molecule has 1 unspecified atom stereocenters. The third-order valence-electron chi connectivity index (χ3n) is 5.55. The number of rotatable bonds is 7. The fraction of sp³-hybridized carbons (Fsp3) is 0.222. The van der Waals surface area contributed by atoms with E-state index in [1.54, 1.807) is 37.4 Å². The second-order valence-electron chi connectivity index (χ2n) is 8.25. The molecule has 174 valence electrons. The van der Waals surface area contributed by atoms with Gasteiger partial charge in [-0.15, -0.1) is 0 Å². The number of amides is 1. The van der Waals surface area contributed by atoms with Crippen LogP contribution in [0.1, 0.15) is 36.6 Å². The summed E-state index contributed by atoms with van der Waals surface area (Å²) in [4.78, 5) is 31.8. The second kappa shape index (κ2) is 9.79. The average molecular weight is 459 g/mol. The number of aliphatic hydroxyl groups is 1. The highest BCUT2D eigenvalue weighted by Gasteiger charge is 2.46. The maximum absolute atomic E-state index is 13.2. The summed E-state index contributed by atoms with van der Waals surface area (Å²) in [6, 6.07) is 17.0. The van der Waals surface area contributed by atoms with Crippen LogP contribution in [0.25, 0.3) is 5.76 Å². The summed E-state index contributed by atoms with van der Waals surface area (Å²) >= 11 is 0. The summed E-state index contributed by atoms with van der Waals surface area (Å²) in [5, 5.41) is 11.1. The first-order valence-corrected chi connectivity index (χ1v) is 11.0. The van der Waals surface area contributed by atoms with Gasteiger partial charge >= 0.3 is 0 Å². The number of carbonyl (C=O) groups excluding carboxylic acids is 2. The number of ketones is 1. The Morgan fingerprint density at radius 3 is 2.38 bits per heavy atom. The zero-order valence-corrected chi connectivity index (χ0v) is 19.3. The van der Waals surface area contributed by atoms with Gasteiger partial charge in [-0.05, 0) is 61.4 Å². The number of pyridine rings is 1. The van der Waals surface area contributed by atoms with Gasteiger partial charge < -0.3 is 19.5 Å². The summed E-state index contributed by atoms with van der Waals surface area (Å²) in [6.07, 6.45) is 3.00. The maximum atomic E-state index is 13.2. The van der Waals surface area contributed by atoms with Crippen LogP contribution in [0.3, 0.4) is 0 Å². The average Bonchev–Trinajstić information content (AvgIpc) is 3.09. The zero-order chi connectivity index (χ0) is 24.2. The van der Waals surface area contributed by atoms with Crippen LogP contribution in [0.15, 0.2) is 78.6 Å². The molecule has 0 spiro atoms. The Morgan fingerprint density at radius 2 is 1.74 bits per heavy atom. The number of aliphatic hydroxyl groups excluding tert-OH is 1. The molecule has 7 heteroatoms. The van der Waals surface area contributed by atoms with Crippen LogP contribution in [-0.2, 0) is 16.1 Å². The molecule has 1 N–H and O–H groups in total. The molecule has 0 aliphatic carbocycles. The molecule has 3 aromatic rings. The molecule has 1 aromatic heterocycles. The Balaban J connectivity index is 1.82. The molecule has 34 heavy (non-hydrogen) atoms. The molecular weight excluding hydrogens is 432 g/mol. The van der Waals surface area contributed by atoms with Gasteiger partial charge in [-0.1, -0.05) is 24.3 Å². The molecule has 1 amide bonds. The molecule has 7 nitrogen and oxygen atoms in total. The number of methoxy groups -OCH3 is 1. The summed E-state index contributed by atoms with van der Waals surface area (Å²) in [6.45, 7) is 4.03. The summed E-state index contributed by atoms with van der Waals surface area (Å²) in [5.74, 6) is -0.335. The van der Waals surface area contributed by atoms with Crippen molar-refractivity contribution in [3.05, 3.63) is 95.3 Å². The van der Waals surface area contributed by atoms with Gasteiger partial charge in [0.25, 0.3) is 11.7 Å². The molecule has 1 aliphatic rings. The van der Waals surface area contributed by atoms with Gasteiger partial charge in [0.05, 0.1) is 24.8 Å². The quantitative estimate of drug-likeness (QED) is 0.319. The summed E-state index contributed by atoms with van der Waals surface area (Å²) in [5.41, 5.74) is 1.94. The zero-order valence-electron chi connectivity index (χ0n) is 19.3. The number of benzene rings is 2. The minimum atomic E-state index is -0.786. The highest BCUT2D eigenvalue weighted by atomic mass is 16.5. The van der Waals surface area contributed by atoms with E-state index in [1.165, 1.54) is 17.3 Å². The monoisotopic (exact) mass is 458 g/mol. The van der Waals surface area contributed by atoms with Crippen LogP contribution in [0, 0.1) is 0 Å². The van der Waals surface area contributed by atoms with Gasteiger partial charge in [0.2, 0.25) is 0 Å². The number of hydrogen-bond donors (Lipinski definition) is 1. The Bertz CT molecular complexity index is 1220. The molecule has 1 aliphatic heterocycles. The van der Waals surface area contributed by atoms with Gasteiger partial charge in [0.1, 0.15) is 17.3 Å². The second-order valence-corrected chi connectivity index (χ2v) is 8.25. The van der Waals surface area contributed by atoms with Crippen LogP contribution >= 0.6 is 0 Å². The van der Waals surface area contributed by atoms with Crippen LogP contribution < -0.4 is 9.47 Å². The van der Waals surface area contributed by atoms with E-state index >= 15 is 0 Å². The lowest BCUT2D eigenvalue weighted by Crippen LogP contribution is -2.29. The van der Waals surface area contributed by atoms with E-state index in [4.69, 9.17) is 9.47 Å². The van der Waals surface area contributed by atoms with Crippen LogP contribution in [-0.4, -0.2) is 39.9 Å². The number of nitrogens with zero attached hydrogens (tertiary/aromatic N) is 2. The molecule has 1 atom stereocenters. The Morgan fingerprint density at radius 1 is 1.03 bits per heavy atom. The van der Waals surface area contributed by atoms with E-state index in [0.717, 1.165) is 5.56 Å². The molecule has 2 heterocycles. The fourth-order valence-electron chi connectivity index (χ4n) is 4.01. The number of carbonyl (C=O) groups is 2. The first-order valence-electron chi connectivity index (χ1n) is 11.0. The van der Waals surface area contributed by atoms with Gasteiger partial charge in [-0.3, -0.25) is 14.6 Å². The first kappa shape index (κ1) is 23.0. The van der Waals surface area contributed by atoms with Crippen molar-refractivity contribution in [3.63, 3.8) is 0 Å². The van der Waals surface area contributed by atoms with Crippen LogP contribution in [0.5, 0.6) is 11.5 Å². The smallest absolute Gasteiger partial charge is 0.295 e. The lowest BCUT2D eigenvalue weighted by molar-refractivity contribution is -0.140. The van der Waals surface area contributed by atoms with E-state index in [1.807, 2.05) is 44.2 Å². The molecule has 4 rings (SSSR count). The third-order valence-corrected chi connectivity index (χ3v) is 5.55. The Labute approximate surface area is 198 Å². The number of Topliss-reactive ketones (excluding diaryl/α,β-unsaturated/α-hetero) is 1. The minimum Gasteiger partial charge on any atom is -0.507 e. The van der Waals surface area contributed by atoms with Crippen LogP contribution in [0.4, 0.5) is 0 Å². The predicted molar refractivity (Wildman–Crippen MR) is 127 cm³/mol. The molecule has 2 aromatic carbocycles. The fourth-order valence-corrected chi connectivity index (χ4v) is 4.01. The molecule has 0 bridgehead atoms. The van der Waals surface area contributed by atoms with E-state index in [9.17, 15) is 14.7 Å². The van der Waals surface area contributed by atoms with Crippen molar-refractivity contribution >= 4 is 17.4 Å². The van der Waals surface area contributed by atoms with Crippen LogP contribution in [0.2, 0.25) is 0 Å². The Kier molecular flexibility index (Phi) is 6.63. The summed E-state index contributed by atoms with van der Waals surface area (Å²) < 4.78 is 11.1. The highest BCUT2D eigenvalue weighted by molar-refractivity contribution is 6.46. The van der Waals surface area contributed by atoms with Crippen molar-refractivity contribution in [2.24, 2.45) is 0 Å². The minimum absolute atomic E-state index is 0.0337. The molecule has 1 saturated heterocycles. The SMILES string of the molecule is COc1ccc(CN2C(=O)C(=O)/C(=C(\O)c3ccncc3)C2c2cccc(OC(C)C)c2)cc1. The lowest BCUT2D eigenvalue weighted by Gasteiger charge is -2.26. The topological polar surface area (TPSA) is 89.0 Å². The van der Waals surface area contributed by atoms with Crippen molar-refractivity contribution in [2.45, 2.75) is 32.5 Å². The van der Waals surface area contributed by atoms with Gasteiger partial charge in [0, 0.05) is 24.5 Å². The van der Waals surface area contributed by atoms with Gasteiger partial charge in [0.15, 0.2) is 0 Å². The van der Waals surface area contributed by atoms with Crippen molar-refractivity contribution in [2.75, 3.05) is 7.11 Å². The number of ether oxygens (including phenoxy) is 2. The molecule has 0 radical (unpaired) electrons. The maximum Gasteiger partial charge on any atom is 0.295 e. The van der Waals surface area contributed by atoms with Crippen molar-refractivity contribution in [1.29, 1.82) is 0 Å². The molecule has 0 saturated carbocycles. The number of aromatic nitrogens is 1. The summed E-state index contributed by atoms with van der Waals surface area (Å²) in [7, 11) is 1.58. The molecular formula is C27H26N2O5. The lowest BCUT2D eigenvalue weighted by atomic mass is 9.95. The van der Waals surface area contributed by atoms with Crippen molar-refractivity contribution in [3.8, 4) is 11.5 Å². The largest absolute Gasteiger partial charge is 0.507 e. The van der Waals surface area contributed by atoms with Gasteiger partial charge in [-0.25, -0.2) is 0 Å². The predicted octanol–water partition coefficient (Wildman–Crippen LogP) is 4.50. The van der Waals surface area contributed by atoms with Gasteiger partial charge in [-0.2, -0.15) is 0 Å². The number of hydrogen-bond acceptors (Lipinski definition) is 6.